The lowest BCUT2D eigenvalue weighted by Gasteiger charge is -1.95. The first-order valence-corrected chi connectivity index (χ1v) is 6.54. The van der Waals surface area contributed by atoms with E-state index in [1.54, 1.807) is 0 Å². The van der Waals surface area contributed by atoms with E-state index in [-0.39, 0.29) is 0 Å². The van der Waals surface area contributed by atoms with Crippen LogP contribution >= 0.6 is 0 Å². The maximum Gasteiger partial charge on any atom is 0.227 e. The number of pyridine rings is 1. The average Bonchev–Trinajstić information content (AvgIpc) is 2.83. The summed E-state index contributed by atoms with van der Waals surface area (Å²) in [6, 6.07) is 8.25. The lowest BCUT2D eigenvalue weighted by atomic mass is 10.1. The van der Waals surface area contributed by atoms with Crippen LogP contribution in [-0.4, -0.2) is 4.98 Å². The Hall–Kier alpha value is -2.16. The third kappa shape index (κ3) is 2.12. The summed E-state index contributed by atoms with van der Waals surface area (Å²) in [5, 5.41) is 0. The predicted octanol–water partition coefficient (Wildman–Crippen LogP) is 3.42. The van der Waals surface area contributed by atoms with E-state index in [0.29, 0.717) is 5.89 Å². The van der Waals surface area contributed by atoms with Crippen molar-refractivity contribution in [2.75, 3.05) is 0 Å². The molecule has 0 spiro atoms. The van der Waals surface area contributed by atoms with Crippen molar-refractivity contribution < 1.29 is 8.98 Å². The highest BCUT2D eigenvalue weighted by atomic mass is 16.3. The maximum absolute atomic E-state index is 5.89. The number of hydrogen-bond donors (Lipinski definition) is 0. The van der Waals surface area contributed by atoms with Crippen molar-refractivity contribution in [1.29, 1.82) is 0 Å². The van der Waals surface area contributed by atoms with Crippen molar-refractivity contribution in [1.82, 2.24) is 4.98 Å². The van der Waals surface area contributed by atoms with Crippen LogP contribution in [0.4, 0.5) is 0 Å². The molecule has 0 aliphatic heterocycles. The van der Waals surface area contributed by atoms with Crippen LogP contribution in [0.25, 0.3) is 22.6 Å². The second-order valence-corrected chi connectivity index (χ2v) is 4.87. The van der Waals surface area contributed by atoms with Crippen molar-refractivity contribution in [3.8, 4) is 11.5 Å². The van der Waals surface area contributed by atoms with Crippen LogP contribution in [0.3, 0.4) is 0 Å². The normalized spacial score (nSPS) is 11.1. The molecular formula is C16H17N2O+. The molecule has 0 radical (unpaired) electrons. The number of nitrogens with zero attached hydrogens (tertiary/aromatic N) is 2. The fourth-order valence-corrected chi connectivity index (χ4v) is 2.31. The second-order valence-electron chi connectivity index (χ2n) is 4.87. The molecule has 0 aliphatic carbocycles. The first-order valence-electron chi connectivity index (χ1n) is 6.54. The smallest absolute Gasteiger partial charge is 0.227 e. The van der Waals surface area contributed by atoms with Crippen LogP contribution in [0.1, 0.15) is 18.1 Å². The third-order valence-corrected chi connectivity index (χ3v) is 3.32. The Bertz CT molecular complexity index is 726. The molecule has 0 saturated heterocycles. The fraction of sp³-hybridized carbons (Fsp3) is 0.250. The van der Waals surface area contributed by atoms with E-state index in [9.17, 15) is 0 Å². The Morgan fingerprint density at radius 3 is 2.58 bits per heavy atom. The van der Waals surface area contributed by atoms with E-state index >= 15 is 0 Å². The number of benzene rings is 1. The summed E-state index contributed by atoms with van der Waals surface area (Å²) in [6.07, 6.45) is 4.09. The van der Waals surface area contributed by atoms with Gasteiger partial charge in [-0.1, -0.05) is 6.07 Å². The van der Waals surface area contributed by atoms with Crippen molar-refractivity contribution >= 4 is 11.1 Å². The van der Waals surface area contributed by atoms with Gasteiger partial charge in [0.2, 0.25) is 5.89 Å². The van der Waals surface area contributed by atoms with Gasteiger partial charge in [0.05, 0.1) is 0 Å². The average molecular weight is 253 g/mol. The molecule has 0 N–H and O–H groups in total. The lowest BCUT2D eigenvalue weighted by Crippen LogP contribution is -2.30. The van der Waals surface area contributed by atoms with Crippen LogP contribution in [0.5, 0.6) is 0 Å². The topological polar surface area (TPSA) is 29.9 Å². The van der Waals surface area contributed by atoms with Gasteiger partial charge in [-0.3, -0.25) is 0 Å². The van der Waals surface area contributed by atoms with Crippen LogP contribution in [0.2, 0.25) is 0 Å². The van der Waals surface area contributed by atoms with Gasteiger partial charge >= 0.3 is 0 Å². The lowest BCUT2D eigenvalue weighted by molar-refractivity contribution is -0.693. The van der Waals surface area contributed by atoms with Gasteiger partial charge in [-0.25, -0.2) is 9.55 Å². The second kappa shape index (κ2) is 4.50. The van der Waals surface area contributed by atoms with Crippen LogP contribution in [-0.2, 0) is 6.54 Å². The molecule has 3 heteroatoms. The molecule has 1 aromatic carbocycles. The molecule has 3 nitrogen and oxygen atoms in total. The molecule has 0 fully saturated rings. The van der Waals surface area contributed by atoms with E-state index in [1.807, 2.05) is 24.5 Å². The highest BCUT2D eigenvalue weighted by Crippen LogP contribution is 2.26. The summed E-state index contributed by atoms with van der Waals surface area (Å²) < 4.78 is 8.01. The Morgan fingerprint density at radius 2 is 1.89 bits per heavy atom. The van der Waals surface area contributed by atoms with Gasteiger partial charge < -0.3 is 4.42 Å². The molecule has 0 aliphatic rings. The zero-order valence-electron chi connectivity index (χ0n) is 11.5. The summed E-state index contributed by atoms with van der Waals surface area (Å²) in [6.45, 7) is 7.21. The quantitative estimate of drug-likeness (QED) is 0.655. The Labute approximate surface area is 112 Å². The molecule has 0 saturated carbocycles. The van der Waals surface area contributed by atoms with Gasteiger partial charge in [0, 0.05) is 17.7 Å². The zero-order chi connectivity index (χ0) is 13.4. The minimum atomic E-state index is 0.687. The van der Waals surface area contributed by atoms with Crippen molar-refractivity contribution in [2.45, 2.75) is 27.3 Å². The summed E-state index contributed by atoms with van der Waals surface area (Å²) in [4.78, 5) is 4.58. The molecule has 3 aromatic rings. The van der Waals surface area contributed by atoms with Gasteiger partial charge in [-0.2, -0.15) is 0 Å². The first-order chi connectivity index (χ1) is 9.17. The van der Waals surface area contributed by atoms with Gasteiger partial charge in [0.25, 0.3) is 0 Å². The third-order valence-electron chi connectivity index (χ3n) is 3.32. The van der Waals surface area contributed by atoms with E-state index in [0.717, 1.165) is 28.8 Å². The van der Waals surface area contributed by atoms with Crippen LogP contribution < -0.4 is 4.57 Å². The molecular weight excluding hydrogens is 236 g/mol. The standard InChI is InChI=1S/C16H17N2O/c1-4-18-7-5-13(6-8-18)16-17-14-10-11(2)9-12(3)15(14)19-16/h5-10H,4H2,1-3H3/q+1. The van der Waals surface area contributed by atoms with E-state index in [4.69, 9.17) is 4.42 Å². The highest BCUT2D eigenvalue weighted by molar-refractivity contribution is 5.79. The van der Waals surface area contributed by atoms with Gasteiger partial charge in [0.1, 0.15) is 12.1 Å². The molecule has 0 atom stereocenters. The summed E-state index contributed by atoms with van der Waals surface area (Å²) >= 11 is 0. The number of aryl methyl sites for hydroxylation is 3. The summed E-state index contributed by atoms with van der Waals surface area (Å²) in [7, 11) is 0. The molecule has 0 unspecified atom stereocenters. The molecule has 3 rings (SSSR count). The Morgan fingerprint density at radius 1 is 1.16 bits per heavy atom. The monoisotopic (exact) mass is 253 g/mol. The van der Waals surface area contributed by atoms with Crippen molar-refractivity contribution in [3.63, 3.8) is 0 Å². The molecule has 96 valence electrons. The van der Waals surface area contributed by atoms with E-state index in [2.05, 4.69) is 42.5 Å². The van der Waals surface area contributed by atoms with Gasteiger partial charge in [-0.05, 0) is 38.0 Å². The number of hydrogen-bond acceptors (Lipinski definition) is 2. The van der Waals surface area contributed by atoms with Gasteiger partial charge in [0.15, 0.2) is 18.0 Å². The number of oxazole rings is 1. The van der Waals surface area contributed by atoms with Gasteiger partial charge in [-0.15, -0.1) is 0 Å². The largest absolute Gasteiger partial charge is 0.436 e. The maximum atomic E-state index is 5.89. The minimum Gasteiger partial charge on any atom is -0.436 e. The summed E-state index contributed by atoms with van der Waals surface area (Å²) in [5.74, 6) is 0.687. The van der Waals surface area contributed by atoms with E-state index in [1.165, 1.54) is 5.56 Å². The van der Waals surface area contributed by atoms with Crippen molar-refractivity contribution in [3.05, 3.63) is 47.8 Å². The summed E-state index contributed by atoms with van der Waals surface area (Å²) in [5.41, 5.74) is 5.17. The molecule has 2 heterocycles. The minimum absolute atomic E-state index is 0.687. The first kappa shape index (κ1) is 11.9. The fourth-order valence-electron chi connectivity index (χ4n) is 2.31. The van der Waals surface area contributed by atoms with Crippen LogP contribution in [0.15, 0.2) is 41.1 Å². The Balaban J connectivity index is 2.12. The van der Waals surface area contributed by atoms with Crippen LogP contribution in [0, 0.1) is 13.8 Å². The van der Waals surface area contributed by atoms with E-state index < -0.39 is 0 Å². The highest BCUT2D eigenvalue weighted by Gasteiger charge is 2.11. The molecule has 19 heavy (non-hydrogen) atoms. The molecule has 0 amide bonds. The zero-order valence-corrected chi connectivity index (χ0v) is 11.5. The molecule has 0 bridgehead atoms. The number of rotatable bonds is 2. The molecule has 2 aromatic heterocycles. The predicted molar refractivity (Wildman–Crippen MR) is 74.8 cm³/mol. The SMILES string of the molecule is CC[n+]1ccc(-c2nc3cc(C)cc(C)c3o2)cc1. The Kier molecular flexibility index (Phi) is 2.82. The van der Waals surface area contributed by atoms with Crippen molar-refractivity contribution in [2.24, 2.45) is 0 Å². The number of aromatic nitrogens is 2. The number of fused-ring (bicyclic) bond motifs is 1.